The Morgan fingerprint density at radius 3 is 2.41 bits per heavy atom. The molecule has 1 saturated carbocycles. The summed E-state index contributed by atoms with van der Waals surface area (Å²) >= 11 is 0. The van der Waals surface area contributed by atoms with Gasteiger partial charge in [-0.05, 0) is 24.6 Å². The summed E-state index contributed by atoms with van der Waals surface area (Å²) in [4.78, 5) is 37.2. The third-order valence-electron chi connectivity index (χ3n) is 5.00. The van der Waals surface area contributed by atoms with Crippen LogP contribution in [0.4, 0.5) is 16.0 Å². The summed E-state index contributed by atoms with van der Waals surface area (Å²) in [5.74, 6) is -0.803. The minimum Gasteiger partial charge on any atom is -0.339 e. The van der Waals surface area contributed by atoms with E-state index < -0.39 is 5.82 Å². The second-order valence-electron chi connectivity index (χ2n) is 6.78. The fourth-order valence-corrected chi connectivity index (χ4v) is 3.36. The van der Waals surface area contributed by atoms with Crippen LogP contribution in [-0.4, -0.2) is 52.9 Å². The zero-order valence-electron chi connectivity index (χ0n) is 14.7. The average molecular weight is 369 g/mol. The molecule has 0 radical (unpaired) electrons. The normalized spacial score (nSPS) is 21.7. The summed E-state index contributed by atoms with van der Waals surface area (Å²) in [7, 11) is 0. The molecule has 1 N–H and O–H groups in total. The Morgan fingerprint density at radius 2 is 1.70 bits per heavy atom. The van der Waals surface area contributed by atoms with Gasteiger partial charge >= 0.3 is 0 Å². The quantitative estimate of drug-likeness (QED) is 0.885. The van der Waals surface area contributed by atoms with E-state index in [-0.39, 0.29) is 29.3 Å². The van der Waals surface area contributed by atoms with Crippen LogP contribution in [0.2, 0.25) is 0 Å². The van der Waals surface area contributed by atoms with E-state index in [1.165, 1.54) is 12.1 Å². The number of carbonyl (C=O) groups is 2. The van der Waals surface area contributed by atoms with Crippen molar-refractivity contribution in [3.63, 3.8) is 0 Å². The van der Waals surface area contributed by atoms with Gasteiger partial charge in [-0.2, -0.15) is 0 Å². The second-order valence-corrected chi connectivity index (χ2v) is 6.78. The van der Waals surface area contributed by atoms with Crippen molar-refractivity contribution in [2.75, 3.05) is 36.4 Å². The smallest absolute Gasteiger partial charge is 0.228 e. The summed E-state index contributed by atoms with van der Waals surface area (Å²) in [5, 5.41) is 2.58. The summed E-state index contributed by atoms with van der Waals surface area (Å²) in [6.07, 6.45) is 3.91. The Labute approximate surface area is 156 Å². The first-order chi connectivity index (χ1) is 13.1. The number of amides is 2. The molecule has 2 fully saturated rings. The third kappa shape index (κ3) is 3.74. The van der Waals surface area contributed by atoms with Gasteiger partial charge in [-0.25, -0.2) is 14.4 Å². The highest BCUT2D eigenvalue weighted by Crippen LogP contribution is 2.41. The molecule has 0 bridgehead atoms. The number of anilines is 2. The molecule has 2 aromatic rings. The fourth-order valence-electron chi connectivity index (χ4n) is 3.36. The maximum absolute atomic E-state index is 13.7. The molecule has 2 heterocycles. The fraction of sp³-hybridized carbons (Fsp3) is 0.368. The van der Waals surface area contributed by atoms with Crippen molar-refractivity contribution in [2.45, 2.75) is 6.42 Å². The molecular weight excluding hydrogens is 349 g/mol. The molecule has 2 aliphatic rings. The molecule has 4 rings (SSSR count). The van der Waals surface area contributed by atoms with Crippen LogP contribution in [0.5, 0.6) is 0 Å². The van der Waals surface area contributed by atoms with Crippen LogP contribution in [0.3, 0.4) is 0 Å². The number of rotatable bonds is 4. The summed E-state index contributed by atoms with van der Waals surface area (Å²) < 4.78 is 13.7. The number of benzene rings is 1. The predicted molar refractivity (Wildman–Crippen MR) is 97.5 cm³/mol. The predicted octanol–water partition coefficient (Wildman–Crippen LogP) is 1.54. The van der Waals surface area contributed by atoms with E-state index in [1.807, 2.05) is 4.90 Å². The topological polar surface area (TPSA) is 78.4 Å². The van der Waals surface area contributed by atoms with Crippen molar-refractivity contribution < 1.29 is 14.0 Å². The lowest BCUT2D eigenvalue weighted by Gasteiger charge is -2.34. The lowest BCUT2D eigenvalue weighted by molar-refractivity contribution is -0.134. The van der Waals surface area contributed by atoms with Crippen LogP contribution in [0, 0.1) is 17.7 Å². The van der Waals surface area contributed by atoms with Crippen LogP contribution >= 0.6 is 0 Å². The van der Waals surface area contributed by atoms with Gasteiger partial charge in [0.15, 0.2) is 0 Å². The van der Waals surface area contributed by atoms with Gasteiger partial charge in [-0.3, -0.25) is 9.59 Å². The average Bonchev–Trinajstić information content (AvgIpc) is 3.51. The number of aromatic nitrogens is 2. The number of halogens is 1. The number of carbonyl (C=O) groups excluding carboxylic acids is 2. The molecule has 27 heavy (non-hydrogen) atoms. The molecule has 1 aliphatic heterocycles. The van der Waals surface area contributed by atoms with Crippen LogP contribution in [0.1, 0.15) is 6.42 Å². The van der Waals surface area contributed by atoms with Gasteiger partial charge in [0.1, 0.15) is 5.82 Å². The van der Waals surface area contributed by atoms with Crippen molar-refractivity contribution in [2.24, 2.45) is 11.8 Å². The zero-order valence-corrected chi connectivity index (χ0v) is 14.7. The maximum atomic E-state index is 13.7. The third-order valence-corrected chi connectivity index (χ3v) is 5.00. The summed E-state index contributed by atoms with van der Waals surface area (Å²) in [6, 6.07) is 7.79. The van der Waals surface area contributed by atoms with Crippen molar-refractivity contribution >= 4 is 23.5 Å². The van der Waals surface area contributed by atoms with E-state index in [4.69, 9.17) is 0 Å². The van der Waals surface area contributed by atoms with E-state index in [2.05, 4.69) is 15.3 Å². The van der Waals surface area contributed by atoms with Crippen molar-refractivity contribution in [3.05, 3.63) is 48.5 Å². The molecule has 1 aromatic carbocycles. The van der Waals surface area contributed by atoms with Gasteiger partial charge in [-0.15, -0.1) is 0 Å². The number of nitrogens with one attached hydrogen (secondary N) is 1. The molecule has 2 unspecified atom stereocenters. The Balaban J connectivity index is 1.29. The number of hydrogen-bond donors (Lipinski definition) is 1. The van der Waals surface area contributed by atoms with Gasteiger partial charge in [0.25, 0.3) is 0 Å². The monoisotopic (exact) mass is 369 g/mol. The van der Waals surface area contributed by atoms with Crippen molar-refractivity contribution in [1.29, 1.82) is 0 Å². The van der Waals surface area contributed by atoms with E-state index in [1.54, 1.807) is 35.5 Å². The first-order valence-electron chi connectivity index (χ1n) is 8.99. The van der Waals surface area contributed by atoms with E-state index in [0.29, 0.717) is 38.5 Å². The Hall–Kier alpha value is -3.03. The molecule has 7 nitrogen and oxygen atoms in total. The maximum Gasteiger partial charge on any atom is 0.228 e. The SMILES string of the molecule is O=C(Nc1ccccc1F)C1CC1C(=O)N1CCN(c2ncccn2)CC1. The molecule has 2 atom stereocenters. The van der Waals surface area contributed by atoms with E-state index in [0.717, 1.165) is 0 Å². The molecule has 8 heteroatoms. The molecule has 1 aromatic heterocycles. The lowest BCUT2D eigenvalue weighted by atomic mass is 10.2. The molecular formula is C19H20FN5O2. The Kier molecular flexibility index (Phi) is 4.70. The first kappa shape index (κ1) is 17.4. The number of nitrogens with zero attached hydrogens (tertiary/aromatic N) is 4. The second kappa shape index (κ2) is 7.30. The van der Waals surface area contributed by atoms with Gasteiger partial charge in [0.05, 0.1) is 17.5 Å². The van der Waals surface area contributed by atoms with Crippen LogP contribution in [0.25, 0.3) is 0 Å². The first-order valence-corrected chi connectivity index (χ1v) is 8.99. The molecule has 1 saturated heterocycles. The van der Waals surface area contributed by atoms with E-state index >= 15 is 0 Å². The number of para-hydroxylation sites is 1. The minimum atomic E-state index is -0.478. The van der Waals surface area contributed by atoms with Gasteiger partial charge in [0, 0.05) is 38.6 Å². The highest BCUT2D eigenvalue weighted by molar-refractivity contribution is 5.99. The molecule has 0 spiro atoms. The standard InChI is InChI=1S/C19H20FN5O2/c20-15-4-1-2-5-16(15)23-17(26)13-12-14(13)18(27)24-8-10-25(11-9-24)19-21-6-3-7-22-19/h1-7,13-14H,8-12H2,(H,23,26). The van der Waals surface area contributed by atoms with E-state index in [9.17, 15) is 14.0 Å². The number of hydrogen-bond acceptors (Lipinski definition) is 5. The number of piperazine rings is 1. The van der Waals surface area contributed by atoms with Crippen molar-refractivity contribution in [1.82, 2.24) is 14.9 Å². The summed E-state index contributed by atoms with van der Waals surface area (Å²) in [5.41, 5.74) is 0.150. The van der Waals surface area contributed by atoms with Gasteiger partial charge in [-0.1, -0.05) is 12.1 Å². The Morgan fingerprint density at radius 1 is 1.00 bits per heavy atom. The highest BCUT2D eigenvalue weighted by Gasteiger charge is 2.49. The lowest BCUT2D eigenvalue weighted by Crippen LogP contribution is -2.50. The van der Waals surface area contributed by atoms with Crippen LogP contribution in [-0.2, 0) is 9.59 Å². The zero-order chi connectivity index (χ0) is 18.8. The molecule has 140 valence electrons. The Bertz CT molecular complexity index is 839. The van der Waals surface area contributed by atoms with Crippen molar-refractivity contribution in [3.8, 4) is 0 Å². The summed E-state index contributed by atoms with van der Waals surface area (Å²) in [6.45, 7) is 2.48. The van der Waals surface area contributed by atoms with Gasteiger partial charge in [0.2, 0.25) is 17.8 Å². The van der Waals surface area contributed by atoms with Gasteiger partial charge < -0.3 is 15.1 Å². The van der Waals surface area contributed by atoms with Crippen LogP contribution in [0.15, 0.2) is 42.7 Å². The molecule has 1 aliphatic carbocycles. The molecule has 2 amide bonds. The highest BCUT2D eigenvalue weighted by atomic mass is 19.1. The minimum absolute atomic E-state index is 0.00249. The largest absolute Gasteiger partial charge is 0.339 e. The van der Waals surface area contributed by atoms with Crippen LogP contribution < -0.4 is 10.2 Å².